The number of thiophene rings is 1. The van der Waals surface area contributed by atoms with E-state index in [-0.39, 0.29) is 15.6 Å². The molecule has 1 atom stereocenters. The zero-order chi connectivity index (χ0) is 21.2. The number of thiazole rings is 1. The molecule has 12 heteroatoms. The lowest BCUT2D eigenvalue weighted by atomic mass is 10.2. The molecule has 0 aliphatic rings. The van der Waals surface area contributed by atoms with Crippen molar-refractivity contribution in [1.82, 2.24) is 15.3 Å². The van der Waals surface area contributed by atoms with Crippen LogP contribution in [-0.2, 0) is 4.74 Å². The molecule has 0 aliphatic heterocycles. The van der Waals surface area contributed by atoms with Crippen LogP contribution in [0.25, 0.3) is 10.2 Å². The van der Waals surface area contributed by atoms with Gasteiger partial charge in [0, 0.05) is 13.1 Å². The summed E-state index contributed by atoms with van der Waals surface area (Å²) in [5.41, 5.74) is 0.551. The molecule has 0 saturated heterocycles. The minimum absolute atomic E-state index is 0.0148. The number of alkyl carbamates (subject to hydrolysis) is 1. The van der Waals surface area contributed by atoms with E-state index in [9.17, 15) is 23.2 Å². The van der Waals surface area contributed by atoms with Gasteiger partial charge in [-0.05, 0) is 24.4 Å². The fourth-order valence-electron chi connectivity index (χ4n) is 2.07. The molecule has 0 spiro atoms. The van der Waals surface area contributed by atoms with Crippen LogP contribution in [0.15, 0.2) is 29.9 Å². The van der Waals surface area contributed by atoms with Crippen molar-refractivity contribution in [3.63, 3.8) is 0 Å². The number of nitrogens with one attached hydrogen (secondary N) is 2. The third kappa shape index (κ3) is 4.90. The molecule has 0 fully saturated rings. The highest BCUT2D eigenvalue weighted by molar-refractivity contribution is 7.20. The highest BCUT2D eigenvalue weighted by Gasteiger charge is 2.34. The van der Waals surface area contributed by atoms with Crippen LogP contribution in [0.4, 0.5) is 18.6 Å². The van der Waals surface area contributed by atoms with Crippen LogP contribution >= 0.6 is 22.7 Å². The number of alkyl halides is 2. The third-order valence-electron chi connectivity index (χ3n) is 3.73. The Labute approximate surface area is 170 Å². The highest BCUT2D eigenvalue weighted by Crippen LogP contribution is 2.26. The van der Waals surface area contributed by atoms with E-state index in [0.717, 1.165) is 34.3 Å². The smallest absolute Gasteiger partial charge is 0.414 e. The van der Waals surface area contributed by atoms with E-state index >= 15 is 0 Å². The Morgan fingerprint density at radius 2 is 2.00 bits per heavy atom. The van der Waals surface area contributed by atoms with Crippen molar-refractivity contribution in [2.24, 2.45) is 0 Å². The first-order chi connectivity index (χ1) is 13.6. The van der Waals surface area contributed by atoms with Crippen LogP contribution in [0.1, 0.15) is 34.0 Å². The molecule has 2 N–H and O–H groups in total. The van der Waals surface area contributed by atoms with Crippen LogP contribution in [0.2, 0.25) is 0 Å². The summed E-state index contributed by atoms with van der Waals surface area (Å²) in [5.74, 6) is -4.69. The number of anilines is 1. The normalized spacial score (nSPS) is 12.4. The SMILES string of the molecule is CC(OC(=O)NC(=O)c1ccsc1NC(=O)c1nc2cnccc2s1)C(C)(F)F. The van der Waals surface area contributed by atoms with Crippen LogP contribution in [0, 0.1) is 0 Å². The molecule has 0 radical (unpaired) electrons. The van der Waals surface area contributed by atoms with Crippen molar-refractivity contribution in [3.8, 4) is 0 Å². The van der Waals surface area contributed by atoms with Gasteiger partial charge in [0.05, 0.1) is 16.5 Å². The second-order valence-corrected chi connectivity index (χ2v) is 7.88. The number of halogens is 2. The van der Waals surface area contributed by atoms with E-state index in [4.69, 9.17) is 0 Å². The first-order valence-corrected chi connectivity index (χ1v) is 9.84. The topological polar surface area (TPSA) is 110 Å². The predicted molar refractivity (Wildman–Crippen MR) is 104 cm³/mol. The lowest BCUT2D eigenvalue weighted by Gasteiger charge is -2.19. The summed E-state index contributed by atoms with van der Waals surface area (Å²) < 4.78 is 31.4. The first-order valence-electron chi connectivity index (χ1n) is 8.14. The Morgan fingerprint density at radius 3 is 2.69 bits per heavy atom. The molecule has 1 unspecified atom stereocenters. The number of rotatable bonds is 5. The number of carbonyl (C=O) groups excluding carboxylic acids is 3. The zero-order valence-corrected chi connectivity index (χ0v) is 16.7. The Hall–Kier alpha value is -2.99. The fraction of sp³-hybridized carbons (Fsp3) is 0.235. The average molecular weight is 440 g/mol. The maximum Gasteiger partial charge on any atom is 0.414 e. The molecule has 3 heterocycles. The molecular formula is C17H14F2N4O4S2. The van der Waals surface area contributed by atoms with Crippen molar-refractivity contribution in [2.45, 2.75) is 25.9 Å². The highest BCUT2D eigenvalue weighted by atomic mass is 32.1. The van der Waals surface area contributed by atoms with Crippen molar-refractivity contribution in [3.05, 3.63) is 40.5 Å². The number of imide groups is 1. The summed E-state index contributed by atoms with van der Waals surface area (Å²) in [6.45, 7) is 1.60. The van der Waals surface area contributed by atoms with E-state index in [1.165, 1.54) is 17.6 Å². The maximum atomic E-state index is 13.1. The summed E-state index contributed by atoms with van der Waals surface area (Å²) in [4.78, 5) is 44.5. The van der Waals surface area contributed by atoms with Gasteiger partial charge < -0.3 is 10.1 Å². The van der Waals surface area contributed by atoms with E-state index < -0.39 is 29.9 Å². The van der Waals surface area contributed by atoms with Crippen LogP contribution < -0.4 is 10.6 Å². The van der Waals surface area contributed by atoms with Crippen molar-refractivity contribution in [1.29, 1.82) is 0 Å². The molecule has 8 nitrogen and oxygen atoms in total. The number of aromatic nitrogens is 2. The Bertz CT molecular complexity index is 1040. The van der Waals surface area contributed by atoms with Gasteiger partial charge in [-0.25, -0.2) is 18.6 Å². The molecule has 3 rings (SSSR count). The van der Waals surface area contributed by atoms with Gasteiger partial charge in [0.25, 0.3) is 17.7 Å². The van der Waals surface area contributed by atoms with E-state index in [1.54, 1.807) is 12.3 Å². The van der Waals surface area contributed by atoms with Gasteiger partial charge in [0.15, 0.2) is 11.1 Å². The predicted octanol–water partition coefficient (Wildman–Crippen LogP) is 3.92. The Morgan fingerprint density at radius 1 is 1.24 bits per heavy atom. The van der Waals surface area contributed by atoms with Crippen LogP contribution in [-0.4, -0.2) is 39.9 Å². The summed E-state index contributed by atoms with van der Waals surface area (Å²) in [5, 5.41) is 6.30. The minimum atomic E-state index is -3.26. The van der Waals surface area contributed by atoms with Crippen molar-refractivity contribution >= 4 is 55.8 Å². The molecule has 0 aliphatic carbocycles. The van der Waals surface area contributed by atoms with Crippen molar-refractivity contribution < 1.29 is 27.9 Å². The number of hydrogen-bond acceptors (Lipinski definition) is 8. The quantitative estimate of drug-likeness (QED) is 0.622. The summed E-state index contributed by atoms with van der Waals surface area (Å²) in [6, 6.07) is 3.10. The maximum absolute atomic E-state index is 13.1. The minimum Gasteiger partial charge on any atom is -0.440 e. The third-order valence-corrected chi connectivity index (χ3v) is 5.60. The second-order valence-electron chi connectivity index (χ2n) is 5.94. The molecular weight excluding hydrogens is 426 g/mol. The van der Waals surface area contributed by atoms with Gasteiger partial charge in [-0.3, -0.25) is 19.9 Å². The van der Waals surface area contributed by atoms with Gasteiger partial charge in [-0.15, -0.1) is 22.7 Å². The lowest BCUT2D eigenvalue weighted by Crippen LogP contribution is -2.38. The number of fused-ring (bicyclic) bond motifs is 1. The van der Waals surface area contributed by atoms with Gasteiger partial charge in [0.2, 0.25) is 0 Å². The van der Waals surface area contributed by atoms with Crippen LogP contribution in [0.5, 0.6) is 0 Å². The second kappa shape index (κ2) is 8.17. The summed E-state index contributed by atoms with van der Waals surface area (Å²) in [6.07, 6.45) is 0.0776. The molecule has 0 saturated carbocycles. The number of carbonyl (C=O) groups is 3. The molecule has 0 aromatic carbocycles. The first kappa shape index (κ1) is 20.7. The number of nitrogens with zero attached hydrogens (tertiary/aromatic N) is 2. The summed E-state index contributed by atoms with van der Waals surface area (Å²) in [7, 11) is 0. The largest absolute Gasteiger partial charge is 0.440 e. The number of pyridine rings is 1. The molecule has 3 aromatic heterocycles. The van der Waals surface area contributed by atoms with Gasteiger partial charge in [0.1, 0.15) is 10.5 Å². The molecule has 0 bridgehead atoms. The lowest BCUT2D eigenvalue weighted by molar-refractivity contribution is -0.0877. The standard InChI is InChI=1S/C17H14F2N4O4S2/c1-8(17(2,18)19)27-16(26)23-12(24)9-4-6-28-14(9)22-13(25)15-21-10-7-20-5-3-11(10)29-15/h3-8H,1-2H3,(H,22,25)(H,23,24,26). The van der Waals surface area contributed by atoms with Gasteiger partial charge in [-0.2, -0.15) is 0 Å². The number of amides is 3. The van der Waals surface area contributed by atoms with Crippen molar-refractivity contribution in [2.75, 3.05) is 5.32 Å². The van der Waals surface area contributed by atoms with Gasteiger partial charge in [-0.1, -0.05) is 0 Å². The average Bonchev–Trinajstić information content (AvgIpc) is 3.27. The Kier molecular flexibility index (Phi) is 5.84. The molecule has 3 aromatic rings. The Balaban J connectivity index is 1.67. The number of hydrogen-bond donors (Lipinski definition) is 2. The fourth-order valence-corrected chi connectivity index (χ4v) is 3.68. The van der Waals surface area contributed by atoms with Crippen LogP contribution in [0.3, 0.4) is 0 Å². The molecule has 152 valence electrons. The number of ether oxygens (including phenoxy) is 1. The molecule has 3 amide bonds. The summed E-state index contributed by atoms with van der Waals surface area (Å²) >= 11 is 2.21. The van der Waals surface area contributed by atoms with E-state index in [0.29, 0.717) is 12.4 Å². The zero-order valence-electron chi connectivity index (χ0n) is 15.1. The van der Waals surface area contributed by atoms with E-state index in [1.807, 2.05) is 5.32 Å². The molecule has 29 heavy (non-hydrogen) atoms. The monoisotopic (exact) mass is 440 g/mol. The van der Waals surface area contributed by atoms with E-state index in [2.05, 4.69) is 20.0 Å². The van der Waals surface area contributed by atoms with Gasteiger partial charge >= 0.3 is 6.09 Å².